The molecule has 16 heavy (non-hydrogen) atoms. The zero-order valence-corrected chi connectivity index (χ0v) is 9.85. The lowest BCUT2D eigenvalue weighted by molar-refractivity contribution is 0.116. The summed E-state index contributed by atoms with van der Waals surface area (Å²) in [6, 6.07) is 5.73. The molecular formula is C11H13ClN4. The molecule has 1 saturated heterocycles. The van der Waals surface area contributed by atoms with E-state index in [1.165, 1.54) is 0 Å². The van der Waals surface area contributed by atoms with E-state index in [9.17, 15) is 0 Å². The highest BCUT2D eigenvalue weighted by Gasteiger charge is 2.24. The van der Waals surface area contributed by atoms with Gasteiger partial charge in [-0.3, -0.25) is 0 Å². The van der Waals surface area contributed by atoms with E-state index in [0.29, 0.717) is 10.9 Å². The van der Waals surface area contributed by atoms with Crippen molar-refractivity contribution in [2.75, 3.05) is 20.1 Å². The molecule has 0 spiro atoms. The van der Waals surface area contributed by atoms with Gasteiger partial charge in [-0.05, 0) is 25.2 Å². The normalized spacial score (nSPS) is 17.9. The van der Waals surface area contributed by atoms with Crippen molar-refractivity contribution in [3.05, 3.63) is 23.2 Å². The van der Waals surface area contributed by atoms with E-state index in [2.05, 4.69) is 22.3 Å². The van der Waals surface area contributed by atoms with Crippen LogP contribution in [0.4, 0.5) is 0 Å². The zero-order valence-electron chi connectivity index (χ0n) is 9.10. The minimum Gasteiger partial charge on any atom is -0.306 e. The molecule has 0 N–H and O–H groups in total. The molecule has 2 heterocycles. The average Bonchev–Trinajstić information content (AvgIpc) is 2.58. The maximum Gasteiger partial charge on any atom is 0.114 e. The van der Waals surface area contributed by atoms with Gasteiger partial charge in [0.25, 0.3) is 0 Å². The van der Waals surface area contributed by atoms with Crippen molar-refractivity contribution in [1.82, 2.24) is 19.9 Å². The second kappa shape index (κ2) is 3.71. The van der Waals surface area contributed by atoms with Gasteiger partial charge in [-0.1, -0.05) is 16.8 Å². The molecule has 1 aliphatic heterocycles. The van der Waals surface area contributed by atoms with Gasteiger partial charge in [-0.2, -0.15) is 0 Å². The largest absolute Gasteiger partial charge is 0.306 e. The van der Waals surface area contributed by atoms with Crippen LogP contribution in [-0.4, -0.2) is 40.0 Å². The summed E-state index contributed by atoms with van der Waals surface area (Å²) < 4.78 is 1.98. The third kappa shape index (κ3) is 1.68. The fourth-order valence-electron chi connectivity index (χ4n) is 2.27. The monoisotopic (exact) mass is 236 g/mol. The molecule has 1 aromatic carbocycles. The van der Waals surface area contributed by atoms with Crippen LogP contribution in [0, 0.1) is 5.92 Å². The van der Waals surface area contributed by atoms with Crippen molar-refractivity contribution >= 4 is 22.6 Å². The number of halogens is 1. The van der Waals surface area contributed by atoms with Crippen LogP contribution in [0.5, 0.6) is 0 Å². The minimum absolute atomic E-state index is 0.700. The van der Waals surface area contributed by atoms with Gasteiger partial charge in [0.15, 0.2) is 0 Å². The molecule has 84 valence electrons. The Kier molecular flexibility index (Phi) is 2.33. The first-order valence-corrected chi connectivity index (χ1v) is 5.77. The number of benzene rings is 1. The van der Waals surface area contributed by atoms with Crippen LogP contribution < -0.4 is 0 Å². The highest BCUT2D eigenvalue weighted by Crippen LogP contribution is 2.20. The smallest absolute Gasteiger partial charge is 0.114 e. The van der Waals surface area contributed by atoms with E-state index in [0.717, 1.165) is 30.7 Å². The Bertz CT molecular complexity index is 516. The van der Waals surface area contributed by atoms with Crippen molar-refractivity contribution in [2.45, 2.75) is 6.54 Å². The Hall–Kier alpha value is -1.13. The van der Waals surface area contributed by atoms with E-state index in [4.69, 9.17) is 11.6 Å². The minimum atomic E-state index is 0.700. The first-order chi connectivity index (χ1) is 7.72. The van der Waals surface area contributed by atoms with Gasteiger partial charge < -0.3 is 4.90 Å². The third-order valence-electron chi connectivity index (χ3n) is 3.05. The zero-order chi connectivity index (χ0) is 11.1. The van der Waals surface area contributed by atoms with Crippen molar-refractivity contribution in [2.24, 2.45) is 5.92 Å². The molecule has 1 aromatic heterocycles. The topological polar surface area (TPSA) is 34.0 Å². The van der Waals surface area contributed by atoms with Gasteiger partial charge >= 0.3 is 0 Å². The van der Waals surface area contributed by atoms with Crippen LogP contribution in [0.3, 0.4) is 0 Å². The van der Waals surface area contributed by atoms with Crippen LogP contribution in [0.25, 0.3) is 11.0 Å². The molecule has 3 rings (SSSR count). The van der Waals surface area contributed by atoms with E-state index in [1.54, 1.807) is 0 Å². The second-order valence-electron chi connectivity index (χ2n) is 4.49. The number of rotatable bonds is 2. The summed E-state index contributed by atoms with van der Waals surface area (Å²) >= 11 is 5.91. The Morgan fingerprint density at radius 3 is 3.00 bits per heavy atom. The van der Waals surface area contributed by atoms with Crippen LogP contribution in [-0.2, 0) is 6.54 Å². The van der Waals surface area contributed by atoms with Gasteiger partial charge in [0.05, 0.1) is 5.52 Å². The molecule has 0 atom stereocenters. The quantitative estimate of drug-likeness (QED) is 0.795. The molecule has 5 heteroatoms. The number of aromatic nitrogens is 3. The fourth-order valence-corrected chi connectivity index (χ4v) is 2.43. The summed E-state index contributed by atoms with van der Waals surface area (Å²) in [5.41, 5.74) is 1.94. The molecule has 0 amide bonds. The second-order valence-corrected chi connectivity index (χ2v) is 4.93. The number of nitrogens with zero attached hydrogens (tertiary/aromatic N) is 4. The predicted octanol–water partition coefficient (Wildman–Crippen LogP) is 1.65. The van der Waals surface area contributed by atoms with E-state index in [1.807, 2.05) is 22.9 Å². The predicted molar refractivity (Wildman–Crippen MR) is 63.5 cm³/mol. The lowest BCUT2D eigenvalue weighted by atomic mass is 10.0. The highest BCUT2D eigenvalue weighted by atomic mass is 35.5. The van der Waals surface area contributed by atoms with Gasteiger partial charge in [0.1, 0.15) is 5.52 Å². The first kappa shape index (κ1) is 10.1. The molecule has 1 aliphatic rings. The Morgan fingerprint density at radius 1 is 1.44 bits per heavy atom. The number of hydrogen-bond donors (Lipinski definition) is 0. The molecule has 2 aromatic rings. The molecule has 4 nitrogen and oxygen atoms in total. The molecule has 0 saturated carbocycles. The molecular weight excluding hydrogens is 224 g/mol. The Labute approximate surface area is 98.8 Å². The summed E-state index contributed by atoms with van der Waals surface area (Å²) in [6.07, 6.45) is 0. The Balaban J connectivity index is 1.87. The standard InChI is InChI=1S/C11H13ClN4/c1-15-5-8(6-15)7-16-11-3-2-9(12)4-10(11)13-14-16/h2-4,8H,5-7H2,1H3. The number of likely N-dealkylation sites (tertiary alicyclic amines) is 1. The maximum atomic E-state index is 5.91. The van der Waals surface area contributed by atoms with Gasteiger partial charge in [-0.25, -0.2) is 4.68 Å². The summed E-state index contributed by atoms with van der Waals surface area (Å²) in [5, 5.41) is 9.01. The summed E-state index contributed by atoms with van der Waals surface area (Å²) in [4.78, 5) is 2.31. The summed E-state index contributed by atoms with van der Waals surface area (Å²) in [7, 11) is 2.13. The molecule has 0 radical (unpaired) electrons. The summed E-state index contributed by atoms with van der Waals surface area (Å²) in [6.45, 7) is 3.24. The van der Waals surface area contributed by atoms with Crippen LogP contribution in [0.1, 0.15) is 0 Å². The molecule has 0 bridgehead atoms. The van der Waals surface area contributed by atoms with E-state index in [-0.39, 0.29) is 0 Å². The molecule has 0 aliphatic carbocycles. The van der Waals surface area contributed by atoms with Crippen molar-refractivity contribution in [1.29, 1.82) is 0 Å². The first-order valence-electron chi connectivity index (χ1n) is 5.39. The van der Waals surface area contributed by atoms with Crippen LogP contribution >= 0.6 is 11.6 Å². The van der Waals surface area contributed by atoms with Crippen LogP contribution in [0.2, 0.25) is 5.02 Å². The van der Waals surface area contributed by atoms with Gasteiger partial charge in [0.2, 0.25) is 0 Å². The number of fused-ring (bicyclic) bond motifs is 1. The highest BCUT2D eigenvalue weighted by molar-refractivity contribution is 6.31. The van der Waals surface area contributed by atoms with Crippen molar-refractivity contribution < 1.29 is 0 Å². The molecule has 0 unspecified atom stereocenters. The van der Waals surface area contributed by atoms with Gasteiger partial charge in [0, 0.05) is 30.6 Å². The Morgan fingerprint density at radius 2 is 2.25 bits per heavy atom. The fraction of sp³-hybridized carbons (Fsp3) is 0.455. The lowest BCUT2D eigenvalue weighted by Gasteiger charge is -2.35. The van der Waals surface area contributed by atoms with E-state index < -0.39 is 0 Å². The van der Waals surface area contributed by atoms with Gasteiger partial charge in [-0.15, -0.1) is 5.10 Å². The SMILES string of the molecule is CN1CC(Cn2nnc3cc(Cl)ccc32)C1. The lowest BCUT2D eigenvalue weighted by Crippen LogP contribution is -2.45. The number of hydrogen-bond acceptors (Lipinski definition) is 3. The van der Waals surface area contributed by atoms with E-state index >= 15 is 0 Å². The van der Waals surface area contributed by atoms with Crippen molar-refractivity contribution in [3.63, 3.8) is 0 Å². The molecule has 1 fully saturated rings. The van der Waals surface area contributed by atoms with Crippen LogP contribution in [0.15, 0.2) is 18.2 Å². The average molecular weight is 237 g/mol. The summed E-state index contributed by atoms with van der Waals surface area (Å²) in [5.74, 6) is 0.700. The maximum absolute atomic E-state index is 5.91. The third-order valence-corrected chi connectivity index (χ3v) is 3.28. The van der Waals surface area contributed by atoms with Crippen molar-refractivity contribution in [3.8, 4) is 0 Å².